The van der Waals surface area contributed by atoms with Crippen LogP contribution >= 0.6 is 0 Å². The zero-order valence-corrected chi connectivity index (χ0v) is 17.5. The molecule has 1 fully saturated rings. The molecular formula is C21H26N6O4. The highest BCUT2D eigenvalue weighted by Crippen LogP contribution is 2.19. The summed E-state index contributed by atoms with van der Waals surface area (Å²) < 4.78 is 3.62. The Morgan fingerprint density at radius 3 is 2.61 bits per heavy atom. The van der Waals surface area contributed by atoms with Crippen LogP contribution in [0.2, 0.25) is 0 Å². The maximum Gasteiger partial charge on any atom is 0.352 e. The van der Waals surface area contributed by atoms with Crippen molar-refractivity contribution in [3.8, 4) is 0 Å². The molecule has 1 aliphatic rings. The minimum Gasteiger partial charge on any atom is -0.368 e. The molecule has 0 bridgehead atoms. The summed E-state index contributed by atoms with van der Waals surface area (Å²) in [5.41, 5.74) is 4.99. The van der Waals surface area contributed by atoms with Crippen molar-refractivity contribution in [3.05, 3.63) is 44.6 Å². The topological polar surface area (TPSA) is 133 Å². The van der Waals surface area contributed by atoms with E-state index in [1.807, 2.05) is 6.92 Å². The Morgan fingerprint density at radius 2 is 1.94 bits per heavy atom. The predicted molar refractivity (Wildman–Crippen MR) is 115 cm³/mol. The monoisotopic (exact) mass is 426 g/mol. The van der Waals surface area contributed by atoms with E-state index in [2.05, 4.69) is 10.4 Å². The number of hydrogen-bond donors (Lipinski definition) is 2. The molecule has 0 atom stereocenters. The third-order valence-electron chi connectivity index (χ3n) is 5.73. The Labute approximate surface area is 177 Å². The maximum atomic E-state index is 13.1. The summed E-state index contributed by atoms with van der Waals surface area (Å²) in [5, 5.41) is 7.53. The molecule has 164 valence electrons. The predicted octanol–water partition coefficient (Wildman–Crippen LogP) is 0.769. The number of nitrogens with zero attached hydrogens (tertiary/aromatic N) is 4. The number of hydrogen-bond acceptors (Lipinski definition) is 5. The van der Waals surface area contributed by atoms with E-state index >= 15 is 0 Å². The number of benzene rings is 1. The summed E-state index contributed by atoms with van der Waals surface area (Å²) in [6, 6.07) is 4.84. The van der Waals surface area contributed by atoms with Gasteiger partial charge in [0, 0.05) is 18.2 Å². The minimum atomic E-state index is -0.716. The van der Waals surface area contributed by atoms with Crippen LogP contribution in [-0.2, 0) is 17.9 Å². The van der Waals surface area contributed by atoms with E-state index in [1.165, 1.54) is 21.5 Å². The van der Waals surface area contributed by atoms with E-state index in [1.54, 1.807) is 12.1 Å². The fourth-order valence-electron chi connectivity index (χ4n) is 4.25. The number of amides is 2. The van der Waals surface area contributed by atoms with E-state index < -0.39 is 18.1 Å². The molecule has 3 aromatic rings. The Hall–Kier alpha value is -3.43. The lowest BCUT2D eigenvalue weighted by Crippen LogP contribution is -2.36. The van der Waals surface area contributed by atoms with Crippen LogP contribution < -0.4 is 22.3 Å². The zero-order valence-electron chi connectivity index (χ0n) is 17.5. The molecule has 0 unspecified atom stereocenters. The van der Waals surface area contributed by atoms with Crippen molar-refractivity contribution in [3.63, 3.8) is 0 Å². The highest BCUT2D eigenvalue weighted by Gasteiger charge is 2.21. The van der Waals surface area contributed by atoms with E-state index in [4.69, 9.17) is 5.73 Å². The number of aromatic nitrogens is 4. The first-order valence-corrected chi connectivity index (χ1v) is 10.7. The maximum absolute atomic E-state index is 13.1. The van der Waals surface area contributed by atoms with Crippen LogP contribution in [-0.4, -0.2) is 36.6 Å². The normalized spacial score (nSPS) is 14.9. The van der Waals surface area contributed by atoms with Crippen LogP contribution in [0.25, 0.3) is 16.7 Å². The molecule has 1 aliphatic carbocycles. The minimum absolute atomic E-state index is 0.121. The van der Waals surface area contributed by atoms with Crippen molar-refractivity contribution in [2.75, 3.05) is 0 Å². The molecular weight excluding hydrogens is 400 g/mol. The van der Waals surface area contributed by atoms with E-state index in [0.717, 1.165) is 30.4 Å². The van der Waals surface area contributed by atoms with Crippen LogP contribution in [0.5, 0.6) is 0 Å². The molecule has 0 aliphatic heterocycles. The van der Waals surface area contributed by atoms with Gasteiger partial charge in [-0.05, 0) is 37.5 Å². The first-order valence-electron chi connectivity index (χ1n) is 10.7. The summed E-state index contributed by atoms with van der Waals surface area (Å²) in [6.07, 6.45) is 5.92. The number of carbonyl (C=O) groups excluding carboxylic acids is 2. The largest absolute Gasteiger partial charge is 0.368 e. The van der Waals surface area contributed by atoms with Crippen molar-refractivity contribution in [1.82, 2.24) is 24.1 Å². The molecule has 31 heavy (non-hydrogen) atoms. The lowest BCUT2D eigenvalue weighted by atomic mass is 9.95. The smallest absolute Gasteiger partial charge is 0.352 e. The molecule has 0 spiro atoms. The summed E-state index contributed by atoms with van der Waals surface area (Å²) in [5.74, 6) is -0.834. The van der Waals surface area contributed by atoms with Crippen molar-refractivity contribution < 1.29 is 9.59 Å². The molecule has 10 heteroatoms. The van der Waals surface area contributed by atoms with Gasteiger partial charge >= 0.3 is 5.69 Å². The van der Waals surface area contributed by atoms with Gasteiger partial charge in [0.2, 0.25) is 11.7 Å². The van der Waals surface area contributed by atoms with E-state index in [0.29, 0.717) is 23.9 Å². The first-order chi connectivity index (χ1) is 14.9. The number of rotatable bonds is 6. The molecule has 2 aromatic heterocycles. The molecule has 0 radical (unpaired) electrons. The Kier molecular flexibility index (Phi) is 5.62. The van der Waals surface area contributed by atoms with Gasteiger partial charge in [0.15, 0.2) is 0 Å². The SMILES string of the molecule is CCCn1c(=O)c2ccc(C(=O)NC3CCCCC3)cc2n2c(=O)n(CC(N)=O)nc12. The van der Waals surface area contributed by atoms with Gasteiger partial charge < -0.3 is 11.1 Å². The molecule has 4 rings (SSSR count). The second-order valence-electron chi connectivity index (χ2n) is 8.04. The van der Waals surface area contributed by atoms with Crippen molar-refractivity contribution in [2.24, 2.45) is 5.73 Å². The fourth-order valence-corrected chi connectivity index (χ4v) is 4.25. The molecule has 0 saturated heterocycles. The average molecular weight is 426 g/mol. The Morgan fingerprint density at radius 1 is 1.19 bits per heavy atom. The van der Waals surface area contributed by atoms with Gasteiger partial charge in [0.1, 0.15) is 6.54 Å². The molecule has 2 heterocycles. The summed E-state index contributed by atoms with van der Waals surface area (Å²) in [6.45, 7) is 1.86. The average Bonchev–Trinajstić information content (AvgIpc) is 3.07. The number of nitrogens with one attached hydrogen (secondary N) is 1. The summed E-state index contributed by atoms with van der Waals surface area (Å²) in [7, 11) is 0. The Balaban J connectivity index is 1.88. The van der Waals surface area contributed by atoms with Gasteiger partial charge in [-0.3, -0.25) is 19.0 Å². The molecule has 1 aromatic carbocycles. The van der Waals surface area contributed by atoms with Gasteiger partial charge in [0.05, 0.1) is 10.9 Å². The van der Waals surface area contributed by atoms with Gasteiger partial charge in [-0.25, -0.2) is 13.9 Å². The fraction of sp³-hybridized carbons (Fsp3) is 0.476. The first kappa shape index (κ1) is 20.8. The van der Waals surface area contributed by atoms with Crippen LogP contribution in [0.4, 0.5) is 0 Å². The molecule has 10 nitrogen and oxygen atoms in total. The molecule has 3 N–H and O–H groups in total. The van der Waals surface area contributed by atoms with Crippen LogP contribution in [0, 0.1) is 0 Å². The Bertz CT molecular complexity index is 1280. The lowest BCUT2D eigenvalue weighted by molar-refractivity contribution is -0.118. The highest BCUT2D eigenvalue weighted by atomic mass is 16.2. The van der Waals surface area contributed by atoms with Gasteiger partial charge in [-0.2, -0.15) is 0 Å². The molecule has 2 amide bonds. The standard InChI is InChI=1S/C21H26N6O4/c1-2-10-25-19(30)15-9-8-13(18(29)23-14-6-4-3-5-7-14)11-16(15)27-20(25)24-26(21(27)31)12-17(22)28/h8-9,11,14H,2-7,10,12H2,1H3,(H2,22,28)(H,23,29). The highest BCUT2D eigenvalue weighted by molar-refractivity contribution is 5.98. The van der Waals surface area contributed by atoms with E-state index in [9.17, 15) is 19.2 Å². The number of fused-ring (bicyclic) bond motifs is 3. The lowest BCUT2D eigenvalue weighted by Gasteiger charge is -2.22. The van der Waals surface area contributed by atoms with Crippen molar-refractivity contribution in [2.45, 2.75) is 64.6 Å². The third kappa shape index (κ3) is 3.85. The molecule has 1 saturated carbocycles. The second kappa shape index (κ2) is 8.37. The van der Waals surface area contributed by atoms with Crippen LogP contribution in [0.1, 0.15) is 55.8 Å². The quantitative estimate of drug-likeness (QED) is 0.600. The number of nitrogens with two attached hydrogens (primary N) is 1. The summed E-state index contributed by atoms with van der Waals surface area (Å²) >= 11 is 0. The van der Waals surface area contributed by atoms with Crippen LogP contribution in [0.15, 0.2) is 27.8 Å². The second-order valence-corrected chi connectivity index (χ2v) is 8.04. The van der Waals surface area contributed by atoms with Gasteiger partial charge in [-0.1, -0.05) is 26.2 Å². The number of carbonyl (C=O) groups is 2. The third-order valence-corrected chi connectivity index (χ3v) is 5.73. The van der Waals surface area contributed by atoms with Crippen molar-refractivity contribution in [1.29, 1.82) is 0 Å². The van der Waals surface area contributed by atoms with Gasteiger partial charge in [-0.15, -0.1) is 5.10 Å². The van der Waals surface area contributed by atoms with Gasteiger partial charge in [0.25, 0.3) is 11.5 Å². The number of aryl methyl sites for hydroxylation is 1. The summed E-state index contributed by atoms with van der Waals surface area (Å²) in [4.78, 5) is 50.2. The van der Waals surface area contributed by atoms with E-state index in [-0.39, 0.29) is 28.8 Å². The number of primary amides is 1. The zero-order chi connectivity index (χ0) is 22.1. The van der Waals surface area contributed by atoms with Crippen LogP contribution in [0.3, 0.4) is 0 Å². The van der Waals surface area contributed by atoms with Crippen molar-refractivity contribution >= 4 is 28.5 Å².